The zero-order valence-corrected chi connectivity index (χ0v) is 20.1. The summed E-state index contributed by atoms with van der Waals surface area (Å²) in [7, 11) is 0. The standard InChI is InChI=1S/C26H27FN4O4/c1-5-9-22(26(33)34-6-2)35-21-12-8-13-30-24(21)28-17(4)23(25(30)32)20-14-16(3)31(29-20)19-11-7-10-18(27)15-19/h7-8,10-15,22H,5-6,9H2,1-4H3/t22-/m1/s1. The molecule has 35 heavy (non-hydrogen) atoms. The summed E-state index contributed by atoms with van der Waals surface area (Å²) >= 11 is 0. The van der Waals surface area contributed by atoms with E-state index in [1.807, 2.05) is 13.8 Å². The molecule has 182 valence electrons. The van der Waals surface area contributed by atoms with Gasteiger partial charge in [-0.3, -0.25) is 9.20 Å². The van der Waals surface area contributed by atoms with Crippen molar-refractivity contribution < 1.29 is 18.7 Å². The minimum absolute atomic E-state index is 0.250. The highest BCUT2D eigenvalue weighted by Gasteiger charge is 2.24. The Morgan fingerprint density at radius 2 is 1.94 bits per heavy atom. The highest BCUT2D eigenvalue weighted by atomic mass is 19.1. The van der Waals surface area contributed by atoms with Gasteiger partial charge in [0, 0.05) is 11.9 Å². The molecule has 1 atom stereocenters. The van der Waals surface area contributed by atoms with Crippen LogP contribution < -0.4 is 10.3 Å². The fourth-order valence-corrected chi connectivity index (χ4v) is 3.97. The SMILES string of the molecule is CCC[C@@H](Oc1cccn2c(=O)c(-c3cc(C)n(-c4cccc(F)c4)n3)c(C)nc12)C(=O)OCC. The first-order chi connectivity index (χ1) is 16.8. The highest BCUT2D eigenvalue weighted by Crippen LogP contribution is 2.25. The van der Waals surface area contributed by atoms with Crippen molar-refractivity contribution in [3.05, 3.63) is 76.2 Å². The van der Waals surface area contributed by atoms with Crippen LogP contribution in [0, 0.1) is 19.7 Å². The number of hydrogen-bond acceptors (Lipinski definition) is 6. The van der Waals surface area contributed by atoms with Crippen LogP contribution in [-0.4, -0.2) is 37.8 Å². The van der Waals surface area contributed by atoms with Crippen LogP contribution in [0.5, 0.6) is 5.75 Å². The topological polar surface area (TPSA) is 87.7 Å². The van der Waals surface area contributed by atoms with Crippen molar-refractivity contribution in [2.75, 3.05) is 6.61 Å². The first-order valence-corrected chi connectivity index (χ1v) is 11.5. The molecule has 0 aliphatic carbocycles. The molecule has 0 radical (unpaired) electrons. The van der Waals surface area contributed by atoms with E-state index < -0.39 is 12.1 Å². The first-order valence-electron chi connectivity index (χ1n) is 11.5. The summed E-state index contributed by atoms with van der Waals surface area (Å²) in [6, 6.07) is 11.2. The number of pyridine rings is 1. The van der Waals surface area contributed by atoms with E-state index in [0.717, 1.165) is 12.1 Å². The molecule has 0 spiro atoms. The summed E-state index contributed by atoms with van der Waals surface area (Å²) < 4.78 is 27.8. The van der Waals surface area contributed by atoms with Crippen LogP contribution in [0.4, 0.5) is 4.39 Å². The number of aromatic nitrogens is 4. The minimum Gasteiger partial charge on any atom is -0.475 e. The Hall–Kier alpha value is -4.01. The number of nitrogens with zero attached hydrogens (tertiary/aromatic N) is 4. The molecular weight excluding hydrogens is 451 g/mol. The monoisotopic (exact) mass is 478 g/mol. The van der Waals surface area contributed by atoms with Gasteiger partial charge in [-0.25, -0.2) is 18.9 Å². The molecule has 3 aromatic heterocycles. The van der Waals surface area contributed by atoms with Crippen LogP contribution in [0.15, 0.2) is 53.5 Å². The molecule has 9 heteroatoms. The quantitative estimate of drug-likeness (QED) is 0.349. The maximum absolute atomic E-state index is 13.7. The van der Waals surface area contributed by atoms with Crippen LogP contribution in [0.1, 0.15) is 38.1 Å². The lowest BCUT2D eigenvalue weighted by Gasteiger charge is -2.18. The molecule has 0 aliphatic rings. The Balaban J connectivity index is 1.78. The number of rotatable bonds is 8. The van der Waals surface area contributed by atoms with E-state index in [4.69, 9.17) is 9.47 Å². The maximum Gasteiger partial charge on any atom is 0.347 e. The lowest BCUT2D eigenvalue weighted by atomic mass is 10.1. The fourth-order valence-electron chi connectivity index (χ4n) is 3.97. The molecule has 4 aromatic rings. The Labute approximate surface area is 202 Å². The molecule has 3 heterocycles. The number of fused-ring (bicyclic) bond motifs is 1. The molecule has 0 unspecified atom stereocenters. The van der Waals surface area contributed by atoms with Crippen LogP contribution in [0.2, 0.25) is 0 Å². The van der Waals surface area contributed by atoms with Gasteiger partial charge >= 0.3 is 5.97 Å². The van der Waals surface area contributed by atoms with E-state index in [1.165, 1.54) is 16.5 Å². The molecule has 4 rings (SSSR count). The van der Waals surface area contributed by atoms with E-state index in [-0.39, 0.29) is 18.0 Å². The smallest absolute Gasteiger partial charge is 0.347 e. The summed E-state index contributed by atoms with van der Waals surface area (Å²) in [6.07, 6.45) is 1.99. The number of carbonyl (C=O) groups excluding carboxylic acids is 1. The molecule has 0 saturated carbocycles. The molecule has 8 nitrogen and oxygen atoms in total. The van der Waals surface area contributed by atoms with Gasteiger partial charge in [0.05, 0.1) is 23.6 Å². The van der Waals surface area contributed by atoms with Gasteiger partial charge in [-0.05, 0) is 63.6 Å². The van der Waals surface area contributed by atoms with Gasteiger partial charge in [-0.15, -0.1) is 0 Å². The third-order valence-corrected chi connectivity index (χ3v) is 5.57. The van der Waals surface area contributed by atoms with Gasteiger partial charge in [-0.1, -0.05) is 19.4 Å². The molecule has 0 saturated heterocycles. The zero-order valence-electron chi connectivity index (χ0n) is 20.1. The van der Waals surface area contributed by atoms with Crippen molar-refractivity contribution in [1.29, 1.82) is 0 Å². The molecule has 1 aromatic carbocycles. The number of aryl methyl sites for hydroxylation is 2. The summed E-state index contributed by atoms with van der Waals surface area (Å²) in [4.78, 5) is 30.5. The average Bonchev–Trinajstić information content (AvgIpc) is 3.20. The van der Waals surface area contributed by atoms with Gasteiger partial charge < -0.3 is 9.47 Å². The Morgan fingerprint density at radius 1 is 1.14 bits per heavy atom. The van der Waals surface area contributed by atoms with E-state index >= 15 is 0 Å². The number of hydrogen-bond donors (Lipinski definition) is 0. The van der Waals surface area contributed by atoms with Crippen molar-refractivity contribution >= 4 is 11.6 Å². The third kappa shape index (κ3) is 4.80. The summed E-state index contributed by atoms with van der Waals surface area (Å²) in [5.41, 5.74) is 2.47. The Kier molecular flexibility index (Phi) is 6.95. The summed E-state index contributed by atoms with van der Waals surface area (Å²) in [6.45, 7) is 7.49. The van der Waals surface area contributed by atoms with Gasteiger partial charge in [0.2, 0.25) is 0 Å². The second-order valence-corrected chi connectivity index (χ2v) is 8.15. The largest absolute Gasteiger partial charge is 0.475 e. The summed E-state index contributed by atoms with van der Waals surface area (Å²) in [5, 5.41) is 4.56. The van der Waals surface area contributed by atoms with Crippen molar-refractivity contribution in [2.24, 2.45) is 0 Å². The summed E-state index contributed by atoms with van der Waals surface area (Å²) in [5.74, 6) is -0.517. The molecule has 0 bridgehead atoms. The molecule has 0 aliphatic heterocycles. The second kappa shape index (κ2) is 10.1. The second-order valence-electron chi connectivity index (χ2n) is 8.15. The maximum atomic E-state index is 13.7. The predicted molar refractivity (Wildman–Crippen MR) is 129 cm³/mol. The lowest BCUT2D eigenvalue weighted by molar-refractivity contribution is -0.151. The van der Waals surface area contributed by atoms with Gasteiger partial charge in [0.15, 0.2) is 17.5 Å². The zero-order chi connectivity index (χ0) is 25.1. The number of halogens is 1. The fraction of sp³-hybridized carbons (Fsp3) is 0.308. The normalized spacial score (nSPS) is 12.0. The number of esters is 1. The van der Waals surface area contributed by atoms with Crippen molar-refractivity contribution in [1.82, 2.24) is 19.2 Å². The molecule has 0 N–H and O–H groups in total. The van der Waals surface area contributed by atoms with E-state index in [9.17, 15) is 14.0 Å². The number of carbonyl (C=O) groups is 1. The average molecular weight is 479 g/mol. The molecule has 0 fully saturated rings. The Bertz CT molecular complexity index is 1440. The van der Waals surface area contributed by atoms with Crippen LogP contribution >= 0.6 is 0 Å². The number of ether oxygens (including phenoxy) is 2. The van der Waals surface area contributed by atoms with E-state index in [0.29, 0.717) is 40.5 Å². The molecule has 0 amide bonds. The Morgan fingerprint density at radius 3 is 2.66 bits per heavy atom. The van der Waals surface area contributed by atoms with Crippen LogP contribution in [-0.2, 0) is 9.53 Å². The first kappa shape index (κ1) is 24.1. The van der Waals surface area contributed by atoms with Gasteiger partial charge in [0.1, 0.15) is 11.5 Å². The van der Waals surface area contributed by atoms with Crippen molar-refractivity contribution in [3.63, 3.8) is 0 Å². The number of benzene rings is 1. The van der Waals surface area contributed by atoms with Gasteiger partial charge in [-0.2, -0.15) is 5.10 Å². The lowest BCUT2D eigenvalue weighted by Crippen LogP contribution is -2.30. The minimum atomic E-state index is -0.798. The molecular formula is C26H27FN4O4. The van der Waals surface area contributed by atoms with Crippen molar-refractivity contribution in [3.8, 4) is 22.7 Å². The van der Waals surface area contributed by atoms with E-state index in [1.54, 1.807) is 55.1 Å². The van der Waals surface area contributed by atoms with Gasteiger partial charge in [0.25, 0.3) is 5.56 Å². The predicted octanol–water partition coefficient (Wildman–Crippen LogP) is 4.41. The van der Waals surface area contributed by atoms with Crippen molar-refractivity contribution in [2.45, 2.75) is 46.6 Å². The van der Waals surface area contributed by atoms with Crippen LogP contribution in [0.3, 0.4) is 0 Å². The van der Waals surface area contributed by atoms with E-state index in [2.05, 4.69) is 10.1 Å². The third-order valence-electron chi connectivity index (χ3n) is 5.57. The highest BCUT2D eigenvalue weighted by molar-refractivity contribution is 5.75. The van der Waals surface area contributed by atoms with Crippen LogP contribution in [0.25, 0.3) is 22.6 Å².